The van der Waals surface area contributed by atoms with E-state index in [1.54, 1.807) is 18.3 Å². The average Bonchev–Trinajstić information content (AvgIpc) is 2.82. The van der Waals surface area contributed by atoms with E-state index < -0.39 is 5.60 Å². The summed E-state index contributed by atoms with van der Waals surface area (Å²) in [6, 6.07) is 8.95. The third-order valence-corrected chi connectivity index (χ3v) is 4.33. The van der Waals surface area contributed by atoms with Crippen molar-refractivity contribution in [3.05, 3.63) is 51.5 Å². The van der Waals surface area contributed by atoms with Crippen molar-refractivity contribution in [1.29, 1.82) is 0 Å². The molecule has 5 nitrogen and oxygen atoms in total. The van der Waals surface area contributed by atoms with E-state index in [4.69, 9.17) is 0 Å². The van der Waals surface area contributed by atoms with E-state index in [-0.39, 0.29) is 12.6 Å². The lowest BCUT2D eigenvalue weighted by molar-refractivity contribution is 0.0594. The lowest BCUT2D eigenvalue weighted by atomic mass is 9.96. The lowest BCUT2D eigenvalue weighted by Crippen LogP contribution is -2.43. The third kappa shape index (κ3) is 4.29. The van der Waals surface area contributed by atoms with Gasteiger partial charge in [0.1, 0.15) is 5.60 Å². The molecule has 22 heavy (non-hydrogen) atoms. The molecule has 0 aliphatic rings. The van der Waals surface area contributed by atoms with E-state index in [1.807, 2.05) is 44.2 Å². The smallest absolute Gasteiger partial charge is 0.315 e. The van der Waals surface area contributed by atoms with Gasteiger partial charge in [0.05, 0.1) is 23.8 Å². The Morgan fingerprint density at radius 3 is 2.55 bits per heavy atom. The van der Waals surface area contributed by atoms with Gasteiger partial charge < -0.3 is 15.7 Å². The zero-order valence-corrected chi connectivity index (χ0v) is 13.8. The Balaban J connectivity index is 1.84. The molecule has 0 fully saturated rings. The maximum absolute atomic E-state index is 11.9. The highest BCUT2D eigenvalue weighted by Gasteiger charge is 2.23. The van der Waals surface area contributed by atoms with Gasteiger partial charge >= 0.3 is 6.03 Å². The molecule has 0 saturated carbocycles. The Morgan fingerprint density at radius 1 is 1.27 bits per heavy atom. The van der Waals surface area contributed by atoms with E-state index in [0.29, 0.717) is 6.54 Å². The number of urea groups is 1. The Kier molecular flexibility index (Phi) is 5.15. The average molecular weight is 319 g/mol. The first-order chi connectivity index (χ1) is 10.4. The number of benzene rings is 1. The van der Waals surface area contributed by atoms with Crippen LogP contribution in [0.1, 0.15) is 28.1 Å². The molecular formula is C16H21N3O2S. The Bertz CT molecular complexity index is 638. The van der Waals surface area contributed by atoms with Crippen LogP contribution in [0.3, 0.4) is 0 Å². The van der Waals surface area contributed by atoms with Crippen LogP contribution in [0, 0.1) is 13.8 Å². The number of carbonyl (C=O) groups excluding carboxylic acids is 1. The number of hydrogen-bond donors (Lipinski definition) is 3. The van der Waals surface area contributed by atoms with Crippen LogP contribution < -0.4 is 10.6 Å². The molecule has 2 amide bonds. The van der Waals surface area contributed by atoms with Crippen molar-refractivity contribution >= 4 is 17.4 Å². The second kappa shape index (κ2) is 6.89. The number of carbonyl (C=O) groups is 1. The molecule has 0 radical (unpaired) electrons. The van der Waals surface area contributed by atoms with E-state index in [2.05, 4.69) is 15.6 Å². The van der Waals surface area contributed by atoms with Gasteiger partial charge in [-0.25, -0.2) is 9.78 Å². The fourth-order valence-corrected chi connectivity index (χ4v) is 2.95. The summed E-state index contributed by atoms with van der Waals surface area (Å²) >= 11 is 1.61. The fraction of sp³-hybridized carbons (Fsp3) is 0.375. The zero-order valence-electron chi connectivity index (χ0n) is 13.0. The van der Waals surface area contributed by atoms with E-state index in [1.165, 1.54) is 0 Å². The summed E-state index contributed by atoms with van der Waals surface area (Å²) in [5.74, 6) is 0. The van der Waals surface area contributed by atoms with Crippen LogP contribution in [0.25, 0.3) is 0 Å². The molecule has 0 saturated heterocycles. The van der Waals surface area contributed by atoms with Crippen molar-refractivity contribution in [2.45, 2.75) is 32.9 Å². The Labute approximate surface area is 134 Å². The highest BCUT2D eigenvalue weighted by molar-refractivity contribution is 7.11. The highest BCUT2D eigenvalue weighted by atomic mass is 32.1. The van der Waals surface area contributed by atoms with Gasteiger partial charge in [-0.2, -0.15) is 0 Å². The minimum Gasteiger partial charge on any atom is -0.384 e. The summed E-state index contributed by atoms with van der Waals surface area (Å²) in [5.41, 5.74) is 0.542. The Hall–Kier alpha value is -1.92. The van der Waals surface area contributed by atoms with Crippen molar-refractivity contribution in [3.63, 3.8) is 0 Å². The standard InChI is InChI=1S/C16H21N3O2S/c1-11-14(19-12(2)22-11)9-17-15(20)18-10-16(3,21)13-7-5-4-6-8-13/h4-8,21H,9-10H2,1-3H3,(H2,17,18,20). The second-order valence-electron chi connectivity index (χ2n) is 5.41. The maximum atomic E-state index is 11.9. The SMILES string of the molecule is Cc1nc(CNC(=O)NCC(C)(O)c2ccccc2)c(C)s1. The lowest BCUT2D eigenvalue weighted by Gasteiger charge is -2.24. The first-order valence-corrected chi connectivity index (χ1v) is 7.92. The van der Waals surface area contributed by atoms with Gasteiger partial charge in [-0.05, 0) is 26.3 Å². The number of amides is 2. The van der Waals surface area contributed by atoms with Gasteiger partial charge in [-0.3, -0.25) is 0 Å². The summed E-state index contributed by atoms with van der Waals surface area (Å²) in [7, 11) is 0. The minimum absolute atomic E-state index is 0.137. The van der Waals surface area contributed by atoms with Crippen LogP contribution in [0.4, 0.5) is 4.79 Å². The molecular weight excluding hydrogens is 298 g/mol. The molecule has 1 aromatic heterocycles. The van der Waals surface area contributed by atoms with Gasteiger partial charge in [0.15, 0.2) is 0 Å². The summed E-state index contributed by atoms with van der Waals surface area (Å²) in [6.45, 7) is 6.13. The van der Waals surface area contributed by atoms with Crippen molar-refractivity contribution in [2.24, 2.45) is 0 Å². The highest BCUT2D eigenvalue weighted by Crippen LogP contribution is 2.19. The van der Waals surface area contributed by atoms with Crippen LogP contribution in [0.2, 0.25) is 0 Å². The largest absolute Gasteiger partial charge is 0.384 e. The topological polar surface area (TPSA) is 74.2 Å². The number of rotatable bonds is 5. The Morgan fingerprint density at radius 2 is 1.95 bits per heavy atom. The first-order valence-electron chi connectivity index (χ1n) is 7.11. The minimum atomic E-state index is -1.11. The summed E-state index contributed by atoms with van der Waals surface area (Å²) in [4.78, 5) is 17.3. The molecule has 0 aliphatic carbocycles. The van der Waals surface area contributed by atoms with Gasteiger partial charge in [-0.15, -0.1) is 11.3 Å². The fourth-order valence-electron chi connectivity index (χ4n) is 2.11. The summed E-state index contributed by atoms with van der Waals surface area (Å²) in [5, 5.41) is 16.9. The number of nitrogens with zero attached hydrogens (tertiary/aromatic N) is 1. The zero-order chi connectivity index (χ0) is 16.2. The predicted octanol–water partition coefficient (Wildman–Crippen LogP) is 2.47. The van der Waals surface area contributed by atoms with Crippen molar-refractivity contribution in [1.82, 2.24) is 15.6 Å². The van der Waals surface area contributed by atoms with Crippen LogP contribution in [-0.2, 0) is 12.1 Å². The van der Waals surface area contributed by atoms with Crippen molar-refractivity contribution < 1.29 is 9.90 Å². The van der Waals surface area contributed by atoms with Gasteiger partial charge in [0.2, 0.25) is 0 Å². The number of hydrogen-bond acceptors (Lipinski definition) is 4. The molecule has 3 N–H and O–H groups in total. The number of aliphatic hydroxyl groups is 1. The molecule has 118 valence electrons. The third-order valence-electron chi connectivity index (χ3n) is 3.40. The molecule has 1 aromatic carbocycles. The monoisotopic (exact) mass is 319 g/mol. The number of aryl methyl sites for hydroxylation is 2. The molecule has 0 spiro atoms. The molecule has 0 aliphatic heterocycles. The van der Waals surface area contributed by atoms with Gasteiger partial charge in [0, 0.05) is 4.88 Å². The molecule has 1 heterocycles. The van der Waals surface area contributed by atoms with Gasteiger partial charge in [-0.1, -0.05) is 30.3 Å². The quantitative estimate of drug-likeness (QED) is 0.792. The number of aromatic nitrogens is 1. The number of nitrogens with one attached hydrogen (secondary N) is 2. The molecule has 2 aromatic rings. The molecule has 2 rings (SSSR count). The molecule has 1 atom stereocenters. The summed E-state index contributed by atoms with van der Waals surface area (Å²) < 4.78 is 0. The summed E-state index contributed by atoms with van der Waals surface area (Å²) in [6.07, 6.45) is 0. The van der Waals surface area contributed by atoms with Crippen LogP contribution >= 0.6 is 11.3 Å². The predicted molar refractivity (Wildman–Crippen MR) is 87.8 cm³/mol. The van der Waals surface area contributed by atoms with Gasteiger partial charge in [0.25, 0.3) is 0 Å². The normalized spacial score (nSPS) is 13.5. The second-order valence-corrected chi connectivity index (χ2v) is 6.82. The van der Waals surface area contributed by atoms with Crippen LogP contribution in [0.5, 0.6) is 0 Å². The van der Waals surface area contributed by atoms with Crippen molar-refractivity contribution in [3.8, 4) is 0 Å². The number of thiazole rings is 1. The maximum Gasteiger partial charge on any atom is 0.315 e. The van der Waals surface area contributed by atoms with E-state index in [9.17, 15) is 9.90 Å². The van der Waals surface area contributed by atoms with Crippen LogP contribution in [-0.4, -0.2) is 22.7 Å². The molecule has 1 unspecified atom stereocenters. The first kappa shape index (κ1) is 16.5. The van der Waals surface area contributed by atoms with Crippen LogP contribution in [0.15, 0.2) is 30.3 Å². The van der Waals surface area contributed by atoms with E-state index >= 15 is 0 Å². The molecule has 6 heteroatoms. The molecule has 0 bridgehead atoms. The van der Waals surface area contributed by atoms with Crippen molar-refractivity contribution in [2.75, 3.05) is 6.54 Å². The van der Waals surface area contributed by atoms with E-state index in [0.717, 1.165) is 21.1 Å².